The molecular weight excluding hydrogens is 486 g/mol. The second-order valence-electron chi connectivity index (χ2n) is 9.62. The molecule has 0 saturated heterocycles. The fourth-order valence-corrected chi connectivity index (χ4v) is 4.77. The van der Waals surface area contributed by atoms with E-state index in [2.05, 4.69) is 13.0 Å². The smallest absolute Gasteiger partial charge is 0.198 e. The minimum atomic E-state index is -0.486. The number of hydrogen-bond donors (Lipinski definition) is 0. The summed E-state index contributed by atoms with van der Waals surface area (Å²) < 4.78 is 12.6. The average Bonchev–Trinajstić information content (AvgIpc) is 3.34. The number of ketones is 1. The van der Waals surface area contributed by atoms with Crippen LogP contribution in [0.25, 0.3) is 0 Å². The predicted molar refractivity (Wildman–Crippen MR) is 157 cm³/mol. The van der Waals surface area contributed by atoms with Crippen LogP contribution in [-0.4, -0.2) is 18.2 Å². The van der Waals surface area contributed by atoms with E-state index in [0.29, 0.717) is 30.5 Å². The first kappa shape index (κ1) is 26.0. The van der Waals surface area contributed by atoms with Gasteiger partial charge >= 0.3 is 0 Å². The number of aryl methyl sites for hydroxylation is 2. The largest absolute Gasteiger partial charge is 0.490 e. The molecule has 1 atom stereocenters. The third-order valence-electron chi connectivity index (χ3n) is 6.61. The van der Waals surface area contributed by atoms with Gasteiger partial charge in [-0.15, -0.1) is 5.10 Å². The number of hydrogen-bond acceptors (Lipinski definition) is 6. The SMILES string of the molecule is CCOc1cccc([C@H]2N(c3ccc(C)cc3)N=C(C(C)=O)N2c2cccc(C)c2)c1OCc1ccccc1. The van der Waals surface area contributed by atoms with Crippen molar-refractivity contribution in [2.75, 3.05) is 16.5 Å². The number of anilines is 2. The van der Waals surface area contributed by atoms with Gasteiger partial charge in [0.25, 0.3) is 0 Å². The minimum Gasteiger partial charge on any atom is -0.490 e. The Morgan fingerprint density at radius 3 is 2.26 bits per heavy atom. The van der Waals surface area contributed by atoms with Crippen molar-refractivity contribution in [3.05, 3.63) is 119 Å². The van der Waals surface area contributed by atoms with Gasteiger partial charge in [0.05, 0.1) is 12.3 Å². The summed E-state index contributed by atoms with van der Waals surface area (Å²) >= 11 is 0. The van der Waals surface area contributed by atoms with E-state index in [1.807, 2.05) is 115 Å². The molecule has 5 rings (SSSR count). The quantitative estimate of drug-likeness (QED) is 0.234. The van der Waals surface area contributed by atoms with Gasteiger partial charge in [0, 0.05) is 18.2 Å². The predicted octanol–water partition coefficient (Wildman–Crippen LogP) is 7.21. The number of rotatable bonds is 9. The first-order valence-electron chi connectivity index (χ1n) is 13.2. The maximum Gasteiger partial charge on any atom is 0.198 e. The normalized spacial score (nSPS) is 14.8. The molecule has 0 fully saturated rings. The third kappa shape index (κ3) is 5.50. The zero-order valence-electron chi connectivity index (χ0n) is 22.8. The standard InChI is InChI=1S/C33H33N3O3/c1-5-38-30-16-10-15-29(31(30)39-22-26-12-7-6-8-13-26)33-35(28-14-9-11-24(3)21-28)32(25(4)37)34-36(33)27-19-17-23(2)18-20-27/h6-21,33H,5,22H2,1-4H3/t33-/m1/s1. The number of nitrogens with zero attached hydrogens (tertiary/aromatic N) is 3. The average molecular weight is 520 g/mol. The lowest BCUT2D eigenvalue weighted by molar-refractivity contribution is -0.111. The van der Waals surface area contributed by atoms with Gasteiger partial charge in [-0.25, -0.2) is 5.01 Å². The zero-order valence-corrected chi connectivity index (χ0v) is 22.8. The topological polar surface area (TPSA) is 54.4 Å². The summed E-state index contributed by atoms with van der Waals surface area (Å²) in [6, 6.07) is 32.2. The first-order chi connectivity index (χ1) is 19.0. The van der Waals surface area contributed by atoms with Gasteiger partial charge in [0.1, 0.15) is 6.61 Å². The van der Waals surface area contributed by atoms with Crippen molar-refractivity contribution in [1.29, 1.82) is 0 Å². The lowest BCUT2D eigenvalue weighted by Crippen LogP contribution is -2.38. The lowest BCUT2D eigenvalue weighted by Gasteiger charge is -2.33. The van der Waals surface area contributed by atoms with Crippen molar-refractivity contribution in [2.24, 2.45) is 5.10 Å². The van der Waals surface area contributed by atoms with Crippen LogP contribution in [0.2, 0.25) is 0 Å². The van der Waals surface area contributed by atoms with E-state index >= 15 is 0 Å². The summed E-state index contributed by atoms with van der Waals surface area (Å²) in [5.74, 6) is 1.52. The van der Waals surface area contributed by atoms with E-state index in [1.54, 1.807) is 6.92 Å². The molecule has 6 heteroatoms. The summed E-state index contributed by atoms with van der Waals surface area (Å²) in [5.41, 5.74) is 5.87. The van der Waals surface area contributed by atoms with E-state index in [-0.39, 0.29) is 5.78 Å². The molecule has 4 aromatic rings. The second kappa shape index (κ2) is 11.4. The maximum atomic E-state index is 13.0. The van der Waals surface area contributed by atoms with Crippen molar-refractivity contribution < 1.29 is 14.3 Å². The van der Waals surface area contributed by atoms with Crippen molar-refractivity contribution in [1.82, 2.24) is 0 Å². The van der Waals surface area contributed by atoms with Gasteiger partial charge in [0.2, 0.25) is 0 Å². The van der Waals surface area contributed by atoms with Crippen LogP contribution in [0.15, 0.2) is 102 Å². The number of para-hydroxylation sites is 1. The van der Waals surface area contributed by atoms with E-state index < -0.39 is 6.17 Å². The fourth-order valence-electron chi connectivity index (χ4n) is 4.77. The molecule has 1 aliphatic rings. The molecule has 0 unspecified atom stereocenters. The number of ether oxygens (including phenoxy) is 2. The van der Waals surface area contributed by atoms with Crippen molar-refractivity contribution in [2.45, 2.75) is 40.5 Å². The molecular formula is C33H33N3O3. The number of carbonyl (C=O) groups excluding carboxylic acids is 1. The van der Waals surface area contributed by atoms with Crippen molar-refractivity contribution in [3.8, 4) is 11.5 Å². The summed E-state index contributed by atoms with van der Waals surface area (Å²) in [6.07, 6.45) is -0.486. The third-order valence-corrected chi connectivity index (χ3v) is 6.61. The van der Waals surface area contributed by atoms with Crippen LogP contribution in [0.4, 0.5) is 11.4 Å². The molecule has 1 heterocycles. The highest BCUT2D eigenvalue weighted by molar-refractivity contribution is 6.44. The molecule has 0 amide bonds. The highest BCUT2D eigenvalue weighted by Crippen LogP contribution is 2.45. The van der Waals surface area contributed by atoms with Crippen LogP contribution in [-0.2, 0) is 11.4 Å². The molecule has 39 heavy (non-hydrogen) atoms. The van der Waals surface area contributed by atoms with Gasteiger partial charge in [-0.05, 0) is 62.2 Å². The Bertz CT molecular complexity index is 1480. The van der Waals surface area contributed by atoms with Crippen molar-refractivity contribution >= 4 is 23.0 Å². The zero-order chi connectivity index (χ0) is 27.4. The summed E-state index contributed by atoms with van der Waals surface area (Å²) in [6.45, 7) is 8.48. The number of Topliss-reactive ketones (excluding diaryl/α,β-unsaturated/α-hetero) is 1. The molecule has 0 aromatic heterocycles. The van der Waals surface area contributed by atoms with E-state index in [1.165, 1.54) is 0 Å². The Morgan fingerprint density at radius 1 is 0.821 bits per heavy atom. The minimum absolute atomic E-state index is 0.121. The van der Waals surface area contributed by atoms with Crippen LogP contribution < -0.4 is 19.4 Å². The van der Waals surface area contributed by atoms with E-state index in [0.717, 1.165) is 33.6 Å². The Morgan fingerprint density at radius 2 is 1.56 bits per heavy atom. The van der Waals surface area contributed by atoms with Gasteiger partial charge in [-0.3, -0.25) is 9.69 Å². The van der Waals surface area contributed by atoms with E-state index in [9.17, 15) is 4.79 Å². The van der Waals surface area contributed by atoms with Crippen LogP contribution in [0, 0.1) is 13.8 Å². The molecule has 0 aliphatic carbocycles. The monoisotopic (exact) mass is 519 g/mol. The molecule has 0 saturated carbocycles. The number of carbonyl (C=O) groups is 1. The lowest BCUT2D eigenvalue weighted by atomic mass is 10.1. The molecule has 4 aromatic carbocycles. The Balaban J connectivity index is 1.69. The van der Waals surface area contributed by atoms with Gasteiger partial charge < -0.3 is 9.47 Å². The fraction of sp³-hybridized carbons (Fsp3) is 0.212. The number of benzene rings is 4. The number of hydrazone groups is 1. The molecule has 1 aliphatic heterocycles. The van der Waals surface area contributed by atoms with Gasteiger partial charge in [-0.1, -0.05) is 72.3 Å². The molecule has 0 N–H and O–H groups in total. The molecule has 0 spiro atoms. The van der Waals surface area contributed by atoms with Crippen LogP contribution >= 0.6 is 0 Å². The van der Waals surface area contributed by atoms with Crippen LogP contribution in [0.3, 0.4) is 0 Å². The van der Waals surface area contributed by atoms with E-state index in [4.69, 9.17) is 14.6 Å². The highest BCUT2D eigenvalue weighted by Gasteiger charge is 2.41. The molecule has 0 radical (unpaired) electrons. The highest BCUT2D eigenvalue weighted by atomic mass is 16.5. The molecule has 0 bridgehead atoms. The van der Waals surface area contributed by atoms with Crippen LogP contribution in [0.5, 0.6) is 11.5 Å². The molecule has 6 nitrogen and oxygen atoms in total. The maximum absolute atomic E-state index is 13.0. The van der Waals surface area contributed by atoms with Gasteiger partial charge in [0.15, 0.2) is 29.3 Å². The summed E-state index contributed by atoms with van der Waals surface area (Å²) in [4.78, 5) is 15.0. The van der Waals surface area contributed by atoms with Crippen LogP contribution in [0.1, 0.15) is 42.3 Å². The molecule has 198 valence electrons. The summed E-state index contributed by atoms with van der Waals surface area (Å²) in [5, 5.41) is 6.80. The van der Waals surface area contributed by atoms with Crippen molar-refractivity contribution in [3.63, 3.8) is 0 Å². The Labute approximate surface area is 230 Å². The Hall–Kier alpha value is -4.58. The Kier molecular flexibility index (Phi) is 7.64. The summed E-state index contributed by atoms with van der Waals surface area (Å²) in [7, 11) is 0. The number of amidine groups is 1. The van der Waals surface area contributed by atoms with Gasteiger partial charge in [-0.2, -0.15) is 0 Å². The first-order valence-corrected chi connectivity index (χ1v) is 13.2. The second-order valence-corrected chi connectivity index (χ2v) is 9.62.